The van der Waals surface area contributed by atoms with Crippen molar-refractivity contribution in [2.75, 3.05) is 5.32 Å². The maximum absolute atomic E-state index is 12.6. The van der Waals surface area contributed by atoms with Crippen molar-refractivity contribution in [1.29, 1.82) is 0 Å². The van der Waals surface area contributed by atoms with Gasteiger partial charge in [-0.15, -0.1) is 0 Å². The van der Waals surface area contributed by atoms with E-state index in [0.717, 1.165) is 12.8 Å². The minimum atomic E-state index is -1.03. The third-order valence-electron chi connectivity index (χ3n) is 3.74. The smallest absolute Gasteiger partial charge is 0.238 e. The van der Waals surface area contributed by atoms with E-state index in [-0.39, 0.29) is 27.5 Å². The number of carbonyl (C=O) groups excluding carboxylic acids is 1. The second-order valence-corrected chi connectivity index (χ2v) is 6.22. The lowest BCUT2D eigenvalue weighted by molar-refractivity contribution is -0.122. The van der Waals surface area contributed by atoms with Crippen LogP contribution in [0.25, 0.3) is 0 Å². The number of nitrogens with one attached hydrogen (secondary N) is 1. The third-order valence-corrected chi connectivity index (χ3v) is 4.55. The first kappa shape index (κ1) is 16.2. The Morgan fingerprint density at radius 2 is 1.76 bits per heavy atom. The van der Waals surface area contributed by atoms with E-state index < -0.39 is 5.41 Å². The van der Waals surface area contributed by atoms with Crippen molar-refractivity contribution in [3.05, 3.63) is 27.2 Å². The fourth-order valence-corrected chi connectivity index (χ4v) is 3.48. The van der Waals surface area contributed by atoms with Gasteiger partial charge >= 0.3 is 0 Å². The Morgan fingerprint density at radius 1 is 1.24 bits per heavy atom. The molecule has 1 aromatic carbocycles. The second-order valence-electron chi connectivity index (χ2n) is 4.97. The van der Waals surface area contributed by atoms with E-state index in [1.54, 1.807) is 0 Å². The molecule has 21 heavy (non-hydrogen) atoms. The highest BCUT2D eigenvalue weighted by Gasteiger charge is 2.45. The molecule has 0 saturated heterocycles. The van der Waals surface area contributed by atoms with Crippen LogP contribution in [0.15, 0.2) is 17.3 Å². The van der Waals surface area contributed by atoms with Crippen LogP contribution in [-0.4, -0.2) is 17.0 Å². The molecular formula is C13H14Cl3N3O2. The standard InChI is InChI=1S/C13H14Cl3N3O2/c14-7-5-8(15)10(9(16)6-7)18-12(20)13(11(17)19-21)3-1-2-4-13/h5-6,21H,1-4H2,(H2,17,19)(H,18,20). The summed E-state index contributed by atoms with van der Waals surface area (Å²) in [6.07, 6.45) is 2.67. The summed E-state index contributed by atoms with van der Waals surface area (Å²) in [6, 6.07) is 2.96. The Labute approximate surface area is 137 Å². The molecule has 5 nitrogen and oxygen atoms in total. The molecule has 1 amide bonds. The zero-order chi connectivity index (χ0) is 15.6. The number of nitrogens with two attached hydrogens (primary N) is 1. The van der Waals surface area contributed by atoms with Gasteiger partial charge in [0.2, 0.25) is 5.91 Å². The van der Waals surface area contributed by atoms with E-state index in [9.17, 15) is 4.79 Å². The van der Waals surface area contributed by atoms with Gasteiger partial charge < -0.3 is 16.3 Å². The number of rotatable bonds is 3. The lowest BCUT2D eigenvalue weighted by Gasteiger charge is -2.26. The summed E-state index contributed by atoms with van der Waals surface area (Å²) < 4.78 is 0. The zero-order valence-electron chi connectivity index (χ0n) is 11.0. The van der Waals surface area contributed by atoms with Gasteiger partial charge in [-0.3, -0.25) is 4.79 Å². The van der Waals surface area contributed by atoms with Crippen LogP contribution < -0.4 is 11.1 Å². The summed E-state index contributed by atoms with van der Waals surface area (Å²) in [7, 11) is 0. The number of hydrogen-bond donors (Lipinski definition) is 3. The van der Waals surface area contributed by atoms with Crippen molar-refractivity contribution < 1.29 is 10.0 Å². The molecule has 2 rings (SSSR count). The molecule has 1 aromatic rings. The Balaban J connectivity index is 2.33. The van der Waals surface area contributed by atoms with Gasteiger partial charge in [0.05, 0.1) is 15.7 Å². The molecule has 114 valence electrons. The number of oxime groups is 1. The highest BCUT2D eigenvalue weighted by Crippen LogP contribution is 2.41. The van der Waals surface area contributed by atoms with Gasteiger partial charge in [0.25, 0.3) is 0 Å². The van der Waals surface area contributed by atoms with Crippen LogP contribution in [0.5, 0.6) is 0 Å². The fraction of sp³-hybridized carbons (Fsp3) is 0.385. The van der Waals surface area contributed by atoms with Gasteiger partial charge in [-0.05, 0) is 25.0 Å². The number of hydrogen-bond acceptors (Lipinski definition) is 3. The molecule has 1 aliphatic rings. The number of carbonyl (C=O) groups is 1. The quantitative estimate of drug-likeness (QED) is 0.334. The molecule has 1 fully saturated rings. The summed E-state index contributed by atoms with van der Waals surface area (Å²) in [4.78, 5) is 12.6. The molecule has 0 heterocycles. The summed E-state index contributed by atoms with van der Waals surface area (Å²) >= 11 is 17.9. The number of amides is 1. The normalized spacial score (nSPS) is 17.8. The SMILES string of the molecule is NC(=NO)C1(C(=O)Nc2c(Cl)cc(Cl)cc2Cl)CCCC1. The van der Waals surface area contributed by atoms with E-state index in [0.29, 0.717) is 17.9 Å². The number of anilines is 1. The van der Waals surface area contributed by atoms with Crippen molar-refractivity contribution in [3.8, 4) is 0 Å². The van der Waals surface area contributed by atoms with Gasteiger partial charge in [-0.1, -0.05) is 52.8 Å². The minimum Gasteiger partial charge on any atom is -0.409 e. The van der Waals surface area contributed by atoms with Crippen molar-refractivity contribution in [3.63, 3.8) is 0 Å². The molecular weight excluding hydrogens is 337 g/mol. The average molecular weight is 351 g/mol. The Morgan fingerprint density at radius 3 is 2.24 bits per heavy atom. The molecule has 0 bridgehead atoms. The predicted octanol–water partition coefficient (Wildman–Crippen LogP) is 3.89. The first-order valence-electron chi connectivity index (χ1n) is 6.35. The Hall–Kier alpha value is -1.17. The van der Waals surface area contributed by atoms with Gasteiger partial charge in [0.15, 0.2) is 5.84 Å². The molecule has 0 spiro atoms. The van der Waals surface area contributed by atoms with Crippen molar-refractivity contribution in [2.45, 2.75) is 25.7 Å². The van der Waals surface area contributed by atoms with Crippen LogP contribution >= 0.6 is 34.8 Å². The molecule has 1 aliphatic carbocycles. The molecule has 4 N–H and O–H groups in total. The summed E-state index contributed by atoms with van der Waals surface area (Å²) in [5, 5.41) is 15.4. The van der Waals surface area contributed by atoms with Gasteiger partial charge in [-0.2, -0.15) is 0 Å². The summed E-state index contributed by atoms with van der Waals surface area (Å²) in [6.45, 7) is 0. The van der Waals surface area contributed by atoms with Crippen molar-refractivity contribution in [2.24, 2.45) is 16.3 Å². The van der Waals surface area contributed by atoms with Crippen LogP contribution in [0.1, 0.15) is 25.7 Å². The van der Waals surface area contributed by atoms with Gasteiger partial charge in [0, 0.05) is 5.02 Å². The average Bonchev–Trinajstić information content (AvgIpc) is 2.92. The van der Waals surface area contributed by atoms with Crippen LogP contribution in [0, 0.1) is 5.41 Å². The van der Waals surface area contributed by atoms with Crippen LogP contribution in [0.3, 0.4) is 0 Å². The minimum absolute atomic E-state index is 0.0984. The van der Waals surface area contributed by atoms with E-state index in [1.165, 1.54) is 12.1 Å². The monoisotopic (exact) mass is 349 g/mol. The second kappa shape index (κ2) is 6.30. The number of benzene rings is 1. The number of halogens is 3. The molecule has 0 aromatic heterocycles. The van der Waals surface area contributed by atoms with E-state index in [2.05, 4.69) is 10.5 Å². The van der Waals surface area contributed by atoms with E-state index in [4.69, 9.17) is 45.7 Å². The maximum Gasteiger partial charge on any atom is 0.238 e. The highest BCUT2D eigenvalue weighted by molar-refractivity contribution is 6.42. The molecule has 8 heteroatoms. The van der Waals surface area contributed by atoms with Gasteiger partial charge in [0.1, 0.15) is 5.41 Å². The van der Waals surface area contributed by atoms with Crippen molar-refractivity contribution in [1.82, 2.24) is 0 Å². The Kier molecular flexibility index (Phi) is 4.86. The molecule has 1 saturated carbocycles. The molecule has 0 radical (unpaired) electrons. The molecule has 0 unspecified atom stereocenters. The maximum atomic E-state index is 12.6. The molecule has 0 aliphatic heterocycles. The summed E-state index contributed by atoms with van der Waals surface area (Å²) in [5.74, 6) is -0.486. The third kappa shape index (κ3) is 3.05. The largest absolute Gasteiger partial charge is 0.409 e. The van der Waals surface area contributed by atoms with Crippen LogP contribution in [0.2, 0.25) is 15.1 Å². The number of nitrogens with zero attached hydrogens (tertiary/aromatic N) is 1. The van der Waals surface area contributed by atoms with Crippen LogP contribution in [-0.2, 0) is 4.79 Å². The topological polar surface area (TPSA) is 87.7 Å². The fourth-order valence-electron chi connectivity index (χ4n) is 2.57. The van der Waals surface area contributed by atoms with E-state index >= 15 is 0 Å². The van der Waals surface area contributed by atoms with E-state index in [1.807, 2.05) is 0 Å². The van der Waals surface area contributed by atoms with Crippen molar-refractivity contribution >= 4 is 52.2 Å². The summed E-state index contributed by atoms with van der Waals surface area (Å²) in [5.41, 5.74) is 4.96. The molecule has 0 atom stereocenters. The predicted molar refractivity (Wildman–Crippen MR) is 84.4 cm³/mol. The highest BCUT2D eigenvalue weighted by atomic mass is 35.5. The Bertz CT molecular complexity index is 575. The first-order valence-corrected chi connectivity index (χ1v) is 7.48. The lowest BCUT2D eigenvalue weighted by atomic mass is 9.83. The lowest BCUT2D eigenvalue weighted by Crippen LogP contribution is -2.45. The van der Waals surface area contributed by atoms with Gasteiger partial charge in [-0.25, -0.2) is 0 Å². The number of amidine groups is 1. The van der Waals surface area contributed by atoms with Crippen LogP contribution in [0.4, 0.5) is 5.69 Å². The zero-order valence-corrected chi connectivity index (χ0v) is 13.3. The first-order chi connectivity index (χ1) is 9.90.